The van der Waals surface area contributed by atoms with Gasteiger partial charge in [-0.1, -0.05) is 24.3 Å². The molecule has 2 heterocycles. The molecule has 1 aliphatic heterocycles. The van der Waals surface area contributed by atoms with Crippen molar-refractivity contribution in [3.05, 3.63) is 75.5 Å². The normalized spacial score (nSPS) is 14.6. The van der Waals surface area contributed by atoms with Gasteiger partial charge in [-0.3, -0.25) is 9.59 Å². The maximum Gasteiger partial charge on any atom is 0.272 e. The fourth-order valence-corrected chi connectivity index (χ4v) is 3.83. The number of likely N-dealkylation sites (tertiary alicyclic amines) is 1. The van der Waals surface area contributed by atoms with Crippen molar-refractivity contribution in [3.63, 3.8) is 0 Å². The van der Waals surface area contributed by atoms with Crippen molar-refractivity contribution in [2.75, 3.05) is 19.6 Å². The number of nitrogens with one attached hydrogen (secondary N) is 2. The van der Waals surface area contributed by atoms with Gasteiger partial charge in [0.15, 0.2) is 0 Å². The molecule has 31 heavy (non-hydrogen) atoms. The van der Waals surface area contributed by atoms with Gasteiger partial charge in [-0.05, 0) is 44.5 Å². The standard InChI is InChI=1S/C24H27FN4O2/c1-24(2,3)26-12-16-13-29(14-16)23(31)19-10-15(8-9-20(19)25)11-21-17-6-4-5-7-18(17)22(30)28-27-21/h4-10,16,26H,11-14H2,1-3H3,(H,28,30). The van der Waals surface area contributed by atoms with Gasteiger partial charge in [0.05, 0.1) is 16.6 Å². The van der Waals surface area contributed by atoms with E-state index in [0.717, 1.165) is 17.5 Å². The van der Waals surface area contributed by atoms with Crippen molar-refractivity contribution < 1.29 is 9.18 Å². The summed E-state index contributed by atoms with van der Waals surface area (Å²) in [5, 5.41) is 11.4. The number of carbonyl (C=O) groups is 1. The molecular formula is C24H27FN4O2. The number of aromatic amines is 1. The van der Waals surface area contributed by atoms with Crippen molar-refractivity contribution >= 4 is 16.7 Å². The van der Waals surface area contributed by atoms with Crippen molar-refractivity contribution in [1.82, 2.24) is 20.4 Å². The number of hydrogen-bond donors (Lipinski definition) is 2. The fraction of sp³-hybridized carbons (Fsp3) is 0.375. The summed E-state index contributed by atoms with van der Waals surface area (Å²) in [6, 6.07) is 11.8. The minimum Gasteiger partial charge on any atom is -0.338 e. The molecule has 0 aliphatic carbocycles. The molecule has 6 nitrogen and oxygen atoms in total. The quantitative estimate of drug-likeness (QED) is 0.662. The van der Waals surface area contributed by atoms with E-state index >= 15 is 0 Å². The third-order valence-corrected chi connectivity index (χ3v) is 5.57. The maximum absolute atomic E-state index is 14.5. The van der Waals surface area contributed by atoms with E-state index in [1.165, 1.54) is 6.07 Å². The second-order valence-electron chi connectivity index (χ2n) is 9.24. The van der Waals surface area contributed by atoms with Crippen LogP contribution >= 0.6 is 0 Å². The molecule has 1 aliphatic rings. The number of rotatable bonds is 5. The van der Waals surface area contributed by atoms with E-state index in [2.05, 4.69) is 36.3 Å². The van der Waals surface area contributed by atoms with Crippen molar-refractivity contribution in [2.24, 2.45) is 5.92 Å². The first-order valence-corrected chi connectivity index (χ1v) is 10.5. The van der Waals surface area contributed by atoms with Gasteiger partial charge in [0.25, 0.3) is 11.5 Å². The smallest absolute Gasteiger partial charge is 0.272 e. The van der Waals surface area contributed by atoms with E-state index in [-0.39, 0.29) is 22.6 Å². The van der Waals surface area contributed by atoms with Gasteiger partial charge in [0.1, 0.15) is 5.82 Å². The molecule has 1 fully saturated rings. The molecule has 0 unspecified atom stereocenters. The number of amides is 1. The summed E-state index contributed by atoms with van der Waals surface area (Å²) in [5.41, 5.74) is 1.31. The molecule has 0 saturated carbocycles. The first-order valence-electron chi connectivity index (χ1n) is 10.5. The summed E-state index contributed by atoms with van der Waals surface area (Å²) in [4.78, 5) is 26.5. The van der Waals surface area contributed by atoms with E-state index in [0.29, 0.717) is 36.5 Å². The van der Waals surface area contributed by atoms with Crippen molar-refractivity contribution in [1.29, 1.82) is 0 Å². The maximum atomic E-state index is 14.5. The van der Waals surface area contributed by atoms with Crippen LogP contribution in [0.15, 0.2) is 47.3 Å². The average molecular weight is 423 g/mol. The van der Waals surface area contributed by atoms with Crippen LogP contribution in [0.1, 0.15) is 42.4 Å². The Morgan fingerprint density at radius 1 is 1.19 bits per heavy atom. The van der Waals surface area contributed by atoms with Crippen LogP contribution in [-0.2, 0) is 6.42 Å². The van der Waals surface area contributed by atoms with Crippen LogP contribution in [0.4, 0.5) is 4.39 Å². The lowest BCUT2D eigenvalue weighted by molar-refractivity contribution is 0.0486. The Bertz CT molecular complexity index is 1180. The van der Waals surface area contributed by atoms with Crippen LogP contribution in [0.25, 0.3) is 10.8 Å². The third-order valence-electron chi connectivity index (χ3n) is 5.57. The molecule has 0 spiro atoms. The molecule has 2 N–H and O–H groups in total. The molecule has 1 saturated heterocycles. The van der Waals surface area contributed by atoms with Crippen LogP contribution in [0.2, 0.25) is 0 Å². The van der Waals surface area contributed by atoms with E-state index < -0.39 is 5.82 Å². The zero-order valence-electron chi connectivity index (χ0n) is 18.0. The van der Waals surface area contributed by atoms with Crippen LogP contribution in [0.3, 0.4) is 0 Å². The number of H-pyrrole nitrogens is 1. The highest BCUT2D eigenvalue weighted by Gasteiger charge is 2.32. The zero-order chi connectivity index (χ0) is 22.2. The highest BCUT2D eigenvalue weighted by atomic mass is 19.1. The van der Waals surface area contributed by atoms with Crippen LogP contribution < -0.4 is 10.9 Å². The summed E-state index contributed by atoms with van der Waals surface area (Å²) in [5.74, 6) is -0.430. The van der Waals surface area contributed by atoms with E-state index in [1.807, 2.05) is 12.1 Å². The summed E-state index contributed by atoms with van der Waals surface area (Å²) in [6.07, 6.45) is 0.385. The van der Waals surface area contributed by atoms with Gasteiger partial charge in [0.2, 0.25) is 0 Å². The van der Waals surface area contributed by atoms with Gasteiger partial charge >= 0.3 is 0 Å². The molecule has 7 heteroatoms. The Kier molecular flexibility index (Phi) is 5.62. The van der Waals surface area contributed by atoms with Crippen molar-refractivity contribution in [2.45, 2.75) is 32.7 Å². The van der Waals surface area contributed by atoms with E-state index in [4.69, 9.17) is 0 Å². The SMILES string of the molecule is CC(C)(C)NCC1CN(C(=O)c2cc(Cc3n[nH]c(=O)c4ccccc34)ccc2F)C1. The summed E-state index contributed by atoms with van der Waals surface area (Å²) in [7, 11) is 0. The molecule has 3 aromatic rings. The number of hydrogen-bond acceptors (Lipinski definition) is 4. The summed E-state index contributed by atoms with van der Waals surface area (Å²) < 4.78 is 14.5. The lowest BCUT2D eigenvalue weighted by atomic mass is 9.96. The van der Waals surface area contributed by atoms with Crippen LogP contribution in [-0.4, -0.2) is 46.2 Å². The monoisotopic (exact) mass is 422 g/mol. The molecule has 1 amide bonds. The summed E-state index contributed by atoms with van der Waals surface area (Å²) in [6.45, 7) is 8.40. The molecule has 0 radical (unpaired) electrons. The number of carbonyl (C=O) groups excluding carboxylic acids is 1. The number of benzene rings is 2. The molecule has 1 aromatic heterocycles. The molecule has 4 rings (SSSR count). The Labute approximate surface area is 180 Å². The molecule has 0 bridgehead atoms. The molecule has 2 aromatic carbocycles. The average Bonchev–Trinajstić information content (AvgIpc) is 2.69. The second kappa shape index (κ2) is 8.23. The van der Waals surface area contributed by atoms with E-state index in [1.54, 1.807) is 29.2 Å². The van der Waals surface area contributed by atoms with Gasteiger partial charge in [-0.15, -0.1) is 0 Å². The lowest BCUT2D eigenvalue weighted by Gasteiger charge is -2.40. The fourth-order valence-electron chi connectivity index (χ4n) is 3.83. The van der Waals surface area contributed by atoms with Crippen molar-refractivity contribution in [3.8, 4) is 0 Å². The first-order chi connectivity index (χ1) is 14.7. The minimum atomic E-state index is -0.524. The van der Waals surface area contributed by atoms with Gasteiger partial charge < -0.3 is 10.2 Å². The third kappa shape index (κ3) is 4.66. The largest absolute Gasteiger partial charge is 0.338 e. The first kappa shape index (κ1) is 21.2. The highest BCUT2D eigenvalue weighted by Crippen LogP contribution is 2.23. The van der Waals surface area contributed by atoms with Crippen LogP contribution in [0.5, 0.6) is 0 Å². The topological polar surface area (TPSA) is 78.1 Å². The highest BCUT2D eigenvalue weighted by molar-refractivity contribution is 5.95. The van der Waals surface area contributed by atoms with Gasteiger partial charge in [-0.25, -0.2) is 9.49 Å². The molecular weight excluding hydrogens is 395 g/mol. The number of halogens is 1. The Morgan fingerprint density at radius 3 is 2.61 bits per heavy atom. The Morgan fingerprint density at radius 2 is 1.90 bits per heavy atom. The molecule has 0 atom stereocenters. The Balaban J connectivity index is 1.49. The van der Waals surface area contributed by atoms with E-state index in [9.17, 15) is 14.0 Å². The number of nitrogens with zero attached hydrogens (tertiary/aromatic N) is 2. The van der Waals surface area contributed by atoms with Crippen LogP contribution in [0, 0.1) is 11.7 Å². The second-order valence-corrected chi connectivity index (χ2v) is 9.24. The molecule has 162 valence electrons. The predicted octanol–water partition coefficient (Wildman–Crippen LogP) is 3.11. The van der Waals surface area contributed by atoms with Gasteiger partial charge in [0, 0.05) is 42.9 Å². The number of aromatic nitrogens is 2. The number of fused-ring (bicyclic) bond motifs is 1. The predicted molar refractivity (Wildman–Crippen MR) is 119 cm³/mol. The zero-order valence-corrected chi connectivity index (χ0v) is 18.0. The lowest BCUT2D eigenvalue weighted by Crippen LogP contribution is -2.55. The summed E-state index contributed by atoms with van der Waals surface area (Å²) >= 11 is 0. The minimum absolute atomic E-state index is 0.0325. The van der Waals surface area contributed by atoms with Gasteiger partial charge in [-0.2, -0.15) is 5.10 Å². The Hall–Kier alpha value is -3.06.